The van der Waals surface area contributed by atoms with Crippen LogP contribution in [0.15, 0.2) is 53.0 Å². The first-order chi connectivity index (χ1) is 12.0. The highest BCUT2D eigenvalue weighted by Crippen LogP contribution is 2.20. The minimum Gasteiger partial charge on any atom is -0.346 e. The lowest BCUT2D eigenvalue weighted by Gasteiger charge is -2.12. The molecule has 0 aliphatic rings. The van der Waals surface area contributed by atoms with E-state index in [9.17, 15) is 9.59 Å². The number of carbonyl (C=O) groups is 2. The quantitative estimate of drug-likeness (QED) is 0.707. The summed E-state index contributed by atoms with van der Waals surface area (Å²) >= 11 is 4.97. The highest BCUT2D eigenvalue weighted by Gasteiger charge is 2.14. The lowest BCUT2D eigenvalue weighted by molar-refractivity contribution is -0.123. The van der Waals surface area contributed by atoms with Crippen LogP contribution in [0.25, 0.3) is 0 Å². The lowest BCUT2D eigenvalue weighted by Crippen LogP contribution is -2.37. The molecule has 132 valence electrons. The molecule has 0 radical (unpaired) electrons. The van der Waals surface area contributed by atoms with Crippen LogP contribution >= 0.6 is 27.7 Å². The van der Waals surface area contributed by atoms with Crippen LogP contribution in [0.3, 0.4) is 0 Å². The van der Waals surface area contributed by atoms with Crippen molar-refractivity contribution in [2.75, 3.05) is 11.9 Å². The van der Waals surface area contributed by atoms with E-state index in [1.54, 1.807) is 11.8 Å². The number of amides is 2. The zero-order chi connectivity index (χ0) is 18.2. The number of rotatable bonds is 7. The zero-order valence-electron chi connectivity index (χ0n) is 14.2. The molecule has 0 aliphatic heterocycles. The fraction of sp³-hybridized carbons (Fsp3) is 0.263. The van der Waals surface area contributed by atoms with E-state index in [0.29, 0.717) is 5.69 Å². The minimum atomic E-state index is -0.240. The second-order valence-electron chi connectivity index (χ2n) is 5.67. The molecule has 0 spiro atoms. The molecule has 0 fully saturated rings. The fourth-order valence-corrected chi connectivity index (χ4v) is 3.23. The third-order valence-electron chi connectivity index (χ3n) is 3.58. The van der Waals surface area contributed by atoms with Gasteiger partial charge < -0.3 is 10.6 Å². The van der Waals surface area contributed by atoms with Crippen molar-refractivity contribution in [2.24, 2.45) is 0 Å². The van der Waals surface area contributed by atoms with Crippen LogP contribution in [-0.4, -0.2) is 23.6 Å². The van der Waals surface area contributed by atoms with Gasteiger partial charge in [-0.2, -0.15) is 0 Å². The van der Waals surface area contributed by atoms with Crippen LogP contribution < -0.4 is 10.6 Å². The second kappa shape index (κ2) is 9.63. The van der Waals surface area contributed by atoms with Crippen molar-refractivity contribution in [1.29, 1.82) is 0 Å². The van der Waals surface area contributed by atoms with E-state index < -0.39 is 0 Å². The largest absolute Gasteiger partial charge is 0.346 e. The minimum absolute atomic E-state index is 0.0375. The number of hydrogen-bond acceptors (Lipinski definition) is 3. The molecule has 0 heterocycles. The van der Waals surface area contributed by atoms with Gasteiger partial charge >= 0.3 is 0 Å². The maximum absolute atomic E-state index is 12.1. The smallest absolute Gasteiger partial charge is 0.243 e. The summed E-state index contributed by atoms with van der Waals surface area (Å²) in [5, 5.41) is 5.24. The molecule has 2 N–H and O–H groups in total. The normalized spacial score (nSPS) is 11.6. The predicted molar refractivity (Wildman–Crippen MR) is 108 cm³/mol. The maximum atomic E-state index is 12.1. The molecule has 1 unspecified atom stereocenters. The average molecular weight is 421 g/mol. The Balaban J connectivity index is 1.74. The van der Waals surface area contributed by atoms with E-state index >= 15 is 0 Å². The number of aryl methyl sites for hydroxylation is 1. The van der Waals surface area contributed by atoms with E-state index in [0.717, 1.165) is 15.8 Å². The van der Waals surface area contributed by atoms with E-state index in [2.05, 4.69) is 26.6 Å². The molecule has 2 amide bonds. The number of halogens is 1. The van der Waals surface area contributed by atoms with Crippen LogP contribution in [0.1, 0.15) is 18.1 Å². The van der Waals surface area contributed by atoms with Gasteiger partial charge in [-0.25, -0.2) is 0 Å². The first-order valence-corrected chi connectivity index (χ1v) is 9.79. The summed E-state index contributed by atoms with van der Waals surface area (Å²) in [4.78, 5) is 24.1. The Morgan fingerprint density at radius 1 is 1.16 bits per heavy atom. The van der Waals surface area contributed by atoms with E-state index in [4.69, 9.17) is 0 Å². The summed E-state index contributed by atoms with van der Waals surface area (Å²) in [7, 11) is 0. The highest BCUT2D eigenvalue weighted by atomic mass is 79.9. The van der Waals surface area contributed by atoms with Gasteiger partial charge in [-0.3, -0.25) is 9.59 Å². The summed E-state index contributed by atoms with van der Waals surface area (Å²) in [5.41, 5.74) is 2.93. The van der Waals surface area contributed by atoms with Gasteiger partial charge in [0.25, 0.3) is 0 Å². The summed E-state index contributed by atoms with van der Waals surface area (Å²) in [5.74, 6) is 0.387. The van der Waals surface area contributed by atoms with Gasteiger partial charge in [-0.1, -0.05) is 46.3 Å². The third-order valence-corrected chi connectivity index (χ3v) is 5.68. The number of hydrogen-bond donors (Lipinski definition) is 2. The molecule has 2 rings (SSSR count). The van der Waals surface area contributed by atoms with Crippen LogP contribution in [0.2, 0.25) is 0 Å². The van der Waals surface area contributed by atoms with Gasteiger partial charge in [0.1, 0.15) is 0 Å². The summed E-state index contributed by atoms with van der Waals surface area (Å²) < 4.78 is 0.989. The highest BCUT2D eigenvalue weighted by molar-refractivity contribution is 9.10. The van der Waals surface area contributed by atoms with Crippen LogP contribution in [0, 0.1) is 6.92 Å². The molecule has 4 nitrogen and oxygen atoms in total. The summed E-state index contributed by atoms with van der Waals surface area (Å²) in [6.07, 6.45) is 0. The molecule has 0 bridgehead atoms. The van der Waals surface area contributed by atoms with Gasteiger partial charge in [0.2, 0.25) is 11.8 Å². The van der Waals surface area contributed by atoms with Gasteiger partial charge in [0, 0.05) is 15.9 Å². The molecule has 2 aromatic rings. The summed E-state index contributed by atoms with van der Waals surface area (Å²) in [6, 6.07) is 15.6. The second-order valence-corrected chi connectivity index (χ2v) is 7.85. The molecular weight excluding hydrogens is 400 g/mol. The van der Waals surface area contributed by atoms with Crippen LogP contribution in [0.4, 0.5) is 5.69 Å². The zero-order valence-corrected chi connectivity index (χ0v) is 16.6. The summed E-state index contributed by atoms with van der Waals surface area (Å²) in [6.45, 7) is 3.76. The molecular formula is C19H21BrN2O2S. The first kappa shape index (κ1) is 19.5. The Hall–Kier alpha value is -1.79. The first-order valence-electron chi connectivity index (χ1n) is 7.95. The number of anilines is 1. The third kappa shape index (κ3) is 6.55. The van der Waals surface area contributed by atoms with Crippen molar-refractivity contribution < 1.29 is 9.59 Å². The monoisotopic (exact) mass is 420 g/mol. The van der Waals surface area contributed by atoms with Crippen molar-refractivity contribution in [3.8, 4) is 0 Å². The molecule has 1 atom stereocenters. The number of carbonyl (C=O) groups excluding carboxylic acids is 2. The maximum Gasteiger partial charge on any atom is 0.243 e. The van der Waals surface area contributed by atoms with Crippen LogP contribution in [0.5, 0.6) is 0 Å². The molecule has 0 aliphatic carbocycles. The van der Waals surface area contributed by atoms with Gasteiger partial charge in [-0.15, -0.1) is 11.8 Å². The molecule has 25 heavy (non-hydrogen) atoms. The fourth-order valence-electron chi connectivity index (χ4n) is 2.11. The Bertz CT molecular complexity index is 737. The number of nitrogens with one attached hydrogen (secondary N) is 2. The lowest BCUT2D eigenvalue weighted by atomic mass is 10.2. The van der Waals surface area contributed by atoms with E-state index in [1.807, 2.05) is 62.4 Å². The Morgan fingerprint density at radius 3 is 2.56 bits per heavy atom. The molecule has 6 heteroatoms. The Labute approximate surface area is 160 Å². The Morgan fingerprint density at radius 2 is 1.88 bits per heavy atom. The molecule has 0 aromatic heterocycles. The van der Waals surface area contributed by atoms with E-state index in [1.165, 1.54) is 5.56 Å². The van der Waals surface area contributed by atoms with Gasteiger partial charge in [-0.05, 0) is 43.2 Å². The standard InChI is InChI=1S/C19H21BrN2O2S/c1-13-10-16(8-9-17(13)20)22-18(23)11-21-19(24)14(2)25-12-15-6-4-3-5-7-15/h3-10,14H,11-12H2,1-2H3,(H,21,24)(H,22,23). The van der Waals surface area contributed by atoms with Gasteiger partial charge in [0.15, 0.2) is 0 Å². The number of benzene rings is 2. The SMILES string of the molecule is Cc1cc(NC(=O)CNC(=O)C(C)SCc2ccccc2)ccc1Br. The predicted octanol–water partition coefficient (Wildman–Crippen LogP) is 4.13. The van der Waals surface area contributed by atoms with Gasteiger partial charge in [0.05, 0.1) is 11.8 Å². The Kier molecular flexibility index (Phi) is 7.52. The molecule has 2 aromatic carbocycles. The van der Waals surface area contributed by atoms with Crippen molar-refractivity contribution >= 4 is 45.2 Å². The van der Waals surface area contributed by atoms with E-state index in [-0.39, 0.29) is 23.6 Å². The topological polar surface area (TPSA) is 58.2 Å². The van der Waals surface area contributed by atoms with Crippen molar-refractivity contribution in [2.45, 2.75) is 24.9 Å². The number of thioether (sulfide) groups is 1. The van der Waals surface area contributed by atoms with Crippen molar-refractivity contribution in [3.63, 3.8) is 0 Å². The van der Waals surface area contributed by atoms with Crippen LogP contribution in [-0.2, 0) is 15.3 Å². The van der Waals surface area contributed by atoms with Crippen molar-refractivity contribution in [3.05, 3.63) is 64.1 Å². The molecule has 0 saturated carbocycles. The molecule has 0 saturated heterocycles. The van der Waals surface area contributed by atoms with Crippen molar-refractivity contribution in [1.82, 2.24) is 5.32 Å². The average Bonchev–Trinajstić information content (AvgIpc) is 2.61.